The van der Waals surface area contributed by atoms with Crippen LogP contribution in [-0.2, 0) is 0 Å². The van der Waals surface area contributed by atoms with E-state index in [0.29, 0.717) is 22.0 Å². The van der Waals surface area contributed by atoms with Crippen LogP contribution < -0.4 is 11.5 Å². The SMILES string of the molecule is C/C=C(Cl)\C=C1\C(c2ncc(F)c(N)n2)=CN=C1N. The fourth-order valence-corrected chi connectivity index (χ4v) is 1.58. The van der Waals surface area contributed by atoms with Gasteiger partial charge in [0.2, 0.25) is 0 Å². The van der Waals surface area contributed by atoms with Gasteiger partial charge in [0.25, 0.3) is 0 Å². The van der Waals surface area contributed by atoms with Crippen LogP contribution >= 0.6 is 11.6 Å². The van der Waals surface area contributed by atoms with Crippen LogP contribution in [0.3, 0.4) is 0 Å². The monoisotopic (exact) mass is 279 g/mol. The molecule has 7 heteroatoms. The summed E-state index contributed by atoms with van der Waals surface area (Å²) in [6, 6.07) is 0. The smallest absolute Gasteiger partial charge is 0.183 e. The number of hydrogen-bond acceptors (Lipinski definition) is 5. The molecular formula is C12H11ClFN5. The van der Waals surface area contributed by atoms with Crippen molar-refractivity contribution in [1.29, 1.82) is 0 Å². The summed E-state index contributed by atoms with van der Waals surface area (Å²) in [5.74, 6) is -0.363. The zero-order valence-electron chi connectivity index (χ0n) is 10.1. The van der Waals surface area contributed by atoms with Gasteiger partial charge in [-0.15, -0.1) is 0 Å². The van der Waals surface area contributed by atoms with Gasteiger partial charge in [-0.25, -0.2) is 19.4 Å². The molecule has 0 bridgehead atoms. The van der Waals surface area contributed by atoms with Crippen molar-refractivity contribution in [2.24, 2.45) is 10.7 Å². The van der Waals surface area contributed by atoms with Crippen LogP contribution in [0.25, 0.3) is 5.57 Å². The van der Waals surface area contributed by atoms with Crippen molar-refractivity contribution >= 4 is 28.8 Å². The second-order valence-electron chi connectivity index (χ2n) is 3.72. The highest BCUT2D eigenvalue weighted by atomic mass is 35.5. The molecule has 1 aliphatic heterocycles. The van der Waals surface area contributed by atoms with Gasteiger partial charge in [-0.1, -0.05) is 17.7 Å². The van der Waals surface area contributed by atoms with Crippen molar-refractivity contribution in [2.75, 3.05) is 5.73 Å². The quantitative estimate of drug-likeness (QED) is 0.866. The number of nitrogens with zero attached hydrogens (tertiary/aromatic N) is 3. The number of aliphatic imine (C=N–C) groups is 1. The number of aromatic nitrogens is 2. The Balaban J connectivity index is 2.45. The molecule has 0 amide bonds. The molecule has 98 valence electrons. The van der Waals surface area contributed by atoms with Crippen LogP contribution in [0.5, 0.6) is 0 Å². The topological polar surface area (TPSA) is 90.2 Å². The van der Waals surface area contributed by atoms with Gasteiger partial charge in [0.05, 0.1) is 6.20 Å². The molecule has 0 aromatic carbocycles. The van der Waals surface area contributed by atoms with E-state index in [9.17, 15) is 4.39 Å². The van der Waals surface area contributed by atoms with Crippen LogP contribution in [0.15, 0.2) is 40.1 Å². The van der Waals surface area contributed by atoms with Crippen molar-refractivity contribution < 1.29 is 4.39 Å². The molecule has 2 heterocycles. The Labute approximate surface area is 114 Å². The van der Waals surface area contributed by atoms with Crippen LogP contribution in [0.2, 0.25) is 0 Å². The second kappa shape index (κ2) is 5.19. The average Bonchev–Trinajstić information content (AvgIpc) is 2.74. The number of allylic oxidation sites excluding steroid dienone is 3. The van der Waals surface area contributed by atoms with E-state index in [-0.39, 0.29) is 11.6 Å². The second-order valence-corrected chi connectivity index (χ2v) is 4.15. The molecule has 1 aromatic rings. The lowest BCUT2D eigenvalue weighted by Crippen LogP contribution is -2.13. The Bertz CT molecular complexity index is 646. The van der Waals surface area contributed by atoms with E-state index in [1.54, 1.807) is 19.1 Å². The van der Waals surface area contributed by atoms with E-state index in [4.69, 9.17) is 23.1 Å². The summed E-state index contributed by atoms with van der Waals surface area (Å²) in [5, 5.41) is 0.496. The predicted octanol–water partition coefficient (Wildman–Crippen LogP) is 1.98. The fourth-order valence-electron chi connectivity index (χ4n) is 1.47. The number of anilines is 1. The third kappa shape index (κ3) is 2.63. The van der Waals surface area contributed by atoms with Gasteiger partial charge in [0.1, 0.15) is 5.84 Å². The summed E-state index contributed by atoms with van der Waals surface area (Å²) in [4.78, 5) is 11.7. The average molecular weight is 280 g/mol. The summed E-state index contributed by atoms with van der Waals surface area (Å²) < 4.78 is 13.1. The van der Waals surface area contributed by atoms with Gasteiger partial charge in [-0.05, 0) is 13.0 Å². The molecular weight excluding hydrogens is 269 g/mol. The van der Waals surface area contributed by atoms with Gasteiger partial charge in [-0.2, -0.15) is 0 Å². The number of hydrogen-bond donors (Lipinski definition) is 2. The molecule has 0 aliphatic carbocycles. The predicted molar refractivity (Wildman–Crippen MR) is 73.7 cm³/mol. The molecule has 2 rings (SSSR count). The van der Waals surface area contributed by atoms with Gasteiger partial charge in [0, 0.05) is 22.4 Å². The number of halogens is 2. The molecule has 19 heavy (non-hydrogen) atoms. The van der Waals surface area contributed by atoms with Crippen molar-refractivity contribution in [3.63, 3.8) is 0 Å². The summed E-state index contributed by atoms with van der Waals surface area (Å²) in [6.07, 6.45) is 5.84. The molecule has 0 atom stereocenters. The lowest BCUT2D eigenvalue weighted by molar-refractivity contribution is 0.618. The lowest BCUT2D eigenvalue weighted by atomic mass is 10.1. The normalized spacial score (nSPS) is 17.6. The first-order valence-corrected chi connectivity index (χ1v) is 5.76. The maximum absolute atomic E-state index is 13.1. The molecule has 1 aromatic heterocycles. The van der Waals surface area contributed by atoms with Gasteiger partial charge in [0.15, 0.2) is 17.5 Å². The largest absolute Gasteiger partial charge is 0.383 e. The van der Waals surface area contributed by atoms with Crippen molar-refractivity contribution in [3.8, 4) is 0 Å². The number of nitrogen functional groups attached to an aromatic ring is 1. The first-order valence-electron chi connectivity index (χ1n) is 5.39. The molecule has 0 radical (unpaired) electrons. The van der Waals surface area contributed by atoms with E-state index in [1.165, 1.54) is 6.20 Å². The molecule has 1 aliphatic rings. The lowest BCUT2D eigenvalue weighted by Gasteiger charge is -2.05. The molecule has 0 saturated heterocycles. The summed E-state index contributed by atoms with van der Waals surface area (Å²) in [5.41, 5.74) is 12.3. The molecule has 0 fully saturated rings. The minimum Gasteiger partial charge on any atom is -0.383 e. The standard InChI is InChI=1S/C12H11ClFN5/c1-2-6(13)3-7-8(4-17-10(7)15)12-18-5-9(14)11(16)19-12/h2-5H,1H3,(H2,15,17)(H2,16,18,19)/b6-2+,7-3-. The molecule has 0 saturated carbocycles. The van der Waals surface area contributed by atoms with Crippen LogP contribution in [0.1, 0.15) is 12.7 Å². The zero-order valence-corrected chi connectivity index (χ0v) is 10.8. The number of rotatable bonds is 2. The summed E-state index contributed by atoms with van der Waals surface area (Å²) in [7, 11) is 0. The highest BCUT2D eigenvalue weighted by Crippen LogP contribution is 2.27. The van der Waals surface area contributed by atoms with E-state index >= 15 is 0 Å². The maximum atomic E-state index is 13.1. The summed E-state index contributed by atoms with van der Waals surface area (Å²) in [6.45, 7) is 1.79. The Morgan fingerprint density at radius 1 is 1.42 bits per heavy atom. The minimum absolute atomic E-state index is 0.229. The zero-order chi connectivity index (χ0) is 14.0. The Hall–Kier alpha value is -2.21. The molecule has 0 spiro atoms. The minimum atomic E-state index is -0.673. The van der Waals surface area contributed by atoms with Gasteiger partial charge in [-0.3, -0.25) is 0 Å². The van der Waals surface area contributed by atoms with Gasteiger partial charge < -0.3 is 11.5 Å². The Morgan fingerprint density at radius 2 is 2.16 bits per heavy atom. The maximum Gasteiger partial charge on any atom is 0.183 e. The summed E-state index contributed by atoms with van der Waals surface area (Å²) >= 11 is 5.94. The highest BCUT2D eigenvalue weighted by molar-refractivity contribution is 6.32. The van der Waals surface area contributed by atoms with Gasteiger partial charge >= 0.3 is 0 Å². The van der Waals surface area contributed by atoms with E-state index in [2.05, 4.69) is 15.0 Å². The third-order valence-electron chi connectivity index (χ3n) is 2.47. The number of amidine groups is 1. The fraction of sp³-hybridized carbons (Fsp3) is 0.0833. The van der Waals surface area contributed by atoms with Crippen LogP contribution in [-0.4, -0.2) is 15.8 Å². The van der Waals surface area contributed by atoms with Crippen molar-refractivity contribution in [2.45, 2.75) is 6.92 Å². The van der Waals surface area contributed by atoms with Crippen LogP contribution in [0, 0.1) is 5.82 Å². The first kappa shape index (κ1) is 13.2. The molecule has 4 N–H and O–H groups in total. The van der Waals surface area contributed by atoms with Crippen molar-refractivity contribution in [1.82, 2.24) is 9.97 Å². The Morgan fingerprint density at radius 3 is 2.79 bits per heavy atom. The van der Waals surface area contributed by atoms with E-state index in [1.807, 2.05) is 0 Å². The van der Waals surface area contributed by atoms with Crippen LogP contribution in [0.4, 0.5) is 10.2 Å². The first-order chi connectivity index (χ1) is 9.02. The number of nitrogens with two attached hydrogens (primary N) is 2. The molecule has 5 nitrogen and oxygen atoms in total. The third-order valence-corrected chi connectivity index (χ3v) is 2.80. The van der Waals surface area contributed by atoms with Crippen molar-refractivity contribution in [3.05, 3.63) is 46.8 Å². The van der Waals surface area contributed by atoms with E-state index < -0.39 is 5.82 Å². The molecule has 0 unspecified atom stereocenters. The highest BCUT2D eigenvalue weighted by Gasteiger charge is 2.20. The van der Waals surface area contributed by atoms with E-state index in [0.717, 1.165) is 6.20 Å². The Kier molecular flexibility index (Phi) is 3.62.